The molecule has 0 radical (unpaired) electrons. The number of amides is 1. The number of anilines is 1. The van der Waals surface area contributed by atoms with Gasteiger partial charge in [0.15, 0.2) is 0 Å². The first-order valence-corrected chi connectivity index (χ1v) is 6.44. The average molecular weight is 264 g/mol. The van der Waals surface area contributed by atoms with E-state index < -0.39 is 6.61 Å². The molecule has 0 unspecified atom stereocenters. The van der Waals surface area contributed by atoms with E-state index in [0.29, 0.717) is 13.1 Å². The van der Waals surface area contributed by atoms with Crippen molar-refractivity contribution in [1.82, 2.24) is 4.90 Å². The van der Waals surface area contributed by atoms with Crippen LogP contribution in [0.2, 0.25) is 0 Å². The summed E-state index contributed by atoms with van der Waals surface area (Å²) >= 11 is 0. The SMILES string of the molecule is COc1cc(N2CCN(C(=O)CO)CC2)ccc1C. The van der Waals surface area contributed by atoms with Gasteiger partial charge in [-0.25, -0.2) is 0 Å². The Morgan fingerprint density at radius 3 is 2.58 bits per heavy atom. The molecular weight excluding hydrogens is 244 g/mol. The Hall–Kier alpha value is -1.75. The van der Waals surface area contributed by atoms with Gasteiger partial charge < -0.3 is 19.6 Å². The van der Waals surface area contributed by atoms with Gasteiger partial charge in [0.2, 0.25) is 5.91 Å². The number of hydrogen-bond acceptors (Lipinski definition) is 4. The lowest BCUT2D eigenvalue weighted by Gasteiger charge is -2.36. The predicted octanol–water partition coefficient (Wildman–Crippen LogP) is 0.645. The van der Waals surface area contributed by atoms with E-state index in [9.17, 15) is 4.79 Å². The molecule has 0 atom stereocenters. The number of ether oxygens (including phenoxy) is 1. The van der Waals surface area contributed by atoms with Gasteiger partial charge in [-0.15, -0.1) is 0 Å². The van der Waals surface area contributed by atoms with Gasteiger partial charge in [0.25, 0.3) is 0 Å². The van der Waals surface area contributed by atoms with Crippen molar-refractivity contribution in [1.29, 1.82) is 0 Å². The van der Waals surface area contributed by atoms with Crippen molar-refractivity contribution in [3.8, 4) is 5.75 Å². The molecule has 1 fully saturated rings. The van der Waals surface area contributed by atoms with Gasteiger partial charge in [-0.2, -0.15) is 0 Å². The Morgan fingerprint density at radius 2 is 2.00 bits per heavy atom. The first-order chi connectivity index (χ1) is 9.15. The van der Waals surface area contributed by atoms with Crippen LogP contribution in [-0.2, 0) is 4.79 Å². The number of carbonyl (C=O) groups excluding carboxylic acids is 1. The summed E-state index contributed by atoms with van der Waals surface area (Å²) in [7, 11) is 1.67. The maximum Gasteiger partial charge on any atom is 0.248 e. The van der Waals surface area contributed by atoms with Gasteiger partial charge in [-0.3, -0.25) is 4.79 Å². The molecule has 19 heavy (non-hydrogen) atoms. The summed E-state index contributed by atoms with van der Waals surface area (Å²) in [4.78, 5) is 15.3. The number of aliphatic hydroxyl groups excluding tert-OH is 1. The maximum atomic E-state index is 11.4. The predicted molar refractivity (Wildman–Crippen MR) is 73.6 cm³/mol. The number of rotatable bonds is 3. The Kier molecular flexibility index (Phi) is 4.27. The van der Waals surface area contributed by atoms with Crippen LogP contribution < -0.4 is 9.64 Å². The number of benzene rings is 1. The first kappa shape index (κ1) is 13.7. The molecule has 104 valence electrons. The third-order valence-electron chi connectivity index (χ3n) is 3.52. The number of methoxy groups -OCH3 is 1. The summed E-state index contributed by atoms with van der Waals surface area (Å²) in [6.45, 7) is 4.46. The zero-order valence-electron chi connectivity index (χ0n) is 11.4. The lowest BCUT2D eigenvalue weighted by atomic mass is 10.1. The van der Waals surface area contributed by atoms with Crippen LogP contribution in [-0.4, -0.2) is 55.8 Å². The molecule has 1 aliphatic rings. The van der Waals surface area contributed by atoms with Gasteiger partial charge in [-0.05, 0) is 18.6 Å². The fourth-order valence-corrected chi connectivity index (χ4v) is 2.32. The Labute approximate surface area is 113 Å². The minimum Gasteiger partial charge on any atom is -0.496 e. The zero-order valence-corrected chi connectivity index (χ0v) is 11.4. The highest BCUT2D eigenvalue weighted by Gasteiger charge is 2.20. The molecule has 0 saturated carbocycles. The molecule has 0 aromatic heterocycles. The van der Waals surface area contributed by atoms with Crippen molar-refractivity contribution in [2.45, 2.75) is 6.92 Å². The smallest absolute Gasteiger partial charge is 0.248 e. The highest BCUT2D eigenvalue weighted by atomic mass is 16.5. The van der Waals surface area contributed by atoms with Crippen LogP contribution in [0.3, 0.4) is 0 Å². The molecule has 0 aliphatic carbocycles. The maximum absolute atomic E-state index is 11.4. The number of piperazine rings is 1. The number of aryl methyl sites for hydroxylation is 1. The van der Waals surface area contributed by atoms with Crippen molar-refractivity contribution in [3.05, 3.63) is 23.8 Å². The largest absolute Gasteiger partial charge is 0.496 e. The second-order valence-corrected chi connectivity index (χ2v) is 4.68. The summed E-state index contributed by atoms with van der Waals surface area (Å²) in [6, 6.07) is 6.14. The molecule has 1 aromatic carbocycles. The molecule has 1 aliphatic heterocycles. The van der Waals surface area contributed by atoms with E-state index >= 15 is 0 Å². The van der Waals surface area contributed by atoms with Crippen LogP contribution in [0.1, 0.15) is 5.56 Å². The topological polar surface area (TPSA) is 53.0 Å². The summed E-state index contributed by atoms with van der Waals surface area (Å²) in [6.07, 6.45) is 0. The van der Waals surface area contributed by atoms with E-state index in [-0.39, 0.29) is 5.91 Å². The average Bonchev–Trinajstić information content (AvgIpc) is 2.47. The molecule has 1 heterocycles. The third-order valence-corrected chi connectivity index (χ3v) is 3.52. The Bertz CT molecular complexity index is 454. The van der Waals surface area contributed by atoms with Gasteiger partial charge in [0.1, 0.15) is 12.4 Å². The van der Waals surface area contributed by atoms with E-state index in [1.165, 1.54) is 0 Å². The quantitative estimate of drug-likeness (QED) is 0.870. The number of hydrogen-bond donors (Lipinski definition) is 1. The van der Waals surface area contributed by atoms with Crippen molar-refractivity contribution in [3.63, 3.8) is 0 Å². The van der Waals surface area contributed by atoms with Gasteiger partial charge >= 0.3 is 0 Å². The van der Waals surface area contributed by atoms with E-state index in [2.05, 4.69) is 11.0 Å². The van der Waals surface area contributed by atoms with Crippen LogP contribution in [0, 0.1) is 6.92 Å². The Morgan fingerprint density at radius 1 is 1.32 bits per heavy atom. The summed E-state index contributed by atoms with van der Waals surface area (Å²) in [5.74, 6) is 0.688. The normalized spacial score (nSPS) is 15.5. The highest BCUT2D eigenvalue weighted by molar-refractivity contribution is 5.77. The molecular formula is C14H20N2O3. The molecule has 2 rings (SSSR count). The zero-order chi connectivity index (χ0) is 13.8. The molecule has 0 bridgehead atoms. The van der Waals surface area contributed by atoms with Crippen LogP contribution in [0.4, 0.5) is 5.69 Å². The molecule has 1 saturated heterocycles. The van der Waals surface area contributed by atoms with Crippen molar-refractivity contribution >= 4 is 11.6 Å². The minimum absolute atomic E-state index is 0.193. The molecule has 1 aromatic rings. The number of aliphatic hydroxyl groups is 1. The third kappa shape index (κ3) is 2.98. The summed E-state index contributed by atoms with van der Waals surface area (Å²) < 4.78 is 5.33. The molecule has 5 nitrogen and oxygen atoms in total. The van der Waals surface area contributed by atoms with Crippen LogP contribution >= 0.6 is 0 Å². The van der Waals surface area contributed by atoms with Crippen LogP contribution in [0.5, 0.6) is 5.75 Å². The van der Waals surface area contributed by atoms with Gasteiger partial charge in [0, 0.05) is 37.9 Å². The van der Waals surface area contributed by atoms with E-state index in [4.69, 9.17) is 9.84 Å². The van der Waals surface area contributed by atoms with Gasteiger partial charge in [0.05, 0.1) is 7.11 Å². The second kappa shape index (κ2) is 5.93. The second-order valence-electron chi connectivity index (χ2n) is 4.68. The molecule has 5 heteroatoms. The van der Waals surface area contributed by atoms with E-state index in [1.807, 2.05) is 19.1 Å². The van der Waals surface area contributed by atoms with E-state index in [0.717, 1.165) is 30.1 Å². The standard InChI is InChI=1S/C14H20N2O3/c1-11-3-4-12(9-13(11)19-2)15-5-7-16(8-6-15)14(18)10-17/h3-4,9,17H,5-8,10H2,1-2H3. The summed E-state index contributed by atoms with van der Waals surface area (Å²) in [5.41, 5.74) is 2.22. The van der Waals surface area contributed by atoms with E-state index in [1.54, 1.807) is 12.0 Å². The van der Waals surface area contributed by atoms with Crippen molar-refractivity contribution in [2.24, 2.45) is 0 Å². The lowest BCUT2D eigenvalue weighted by Crippen LogP contribution is -2.49. The minimum atomic E-state index is -0.404. The van der Waals surface area contributed by atoms with Gasteiger partial charge in [-0.1, -0.05) is 6.07 Å². The Balaban J connectivity index is 2.03. The first-order valence-electron chi connectivity index (χ1n) is 6.44. The molecule has 0 spiro atoms. The molecule has 1 amide bonds. The fourth-order valence-electron chi connectivity index (χ4n) is 2.32. The summed E-state index contributed by atoms with van der Waals surface area (Å²) in [5, 5.41) is 8.85. The number of carbonyl (C=O) groups is 1. The fraction of sp³-hybridized carbons (Fsp3) is 0.500. The lowest BCUT2D eigenvalue weighted by molar-refractivity contribution is -0.134. The number of nitrogens with zero attached hydrogens (tertiary/aromatic N) is 2. The van der Waals surface area contributed by atoms with Crippen LogP contribution in [0.25, 0.3) is 0 Å². The van der Waals surface area contributed by atoms with Crippen LogP contribution in [0.15, 0.2) is 18.2 Å². The van der Waals surface area contributed by atoms with Crippen molar-refractivity contribution < 1.29 is 14.6 Å². The molecule has 1 N–H and O–H groups in total. The van der Waals surface area contributed by atoms with Crippen molar-refractivity contribution in [2.75, 3.05) is 44.8 Å². The highest BCUT2D eigenvalue weighted by Crippen LogP contribution is 2.25. The monoisotopic (exact) mass is 264 g/mol.